The quantitative estimate of drug-likeness (QED) is 0.518. The monoisotopic (exact) mass is 402 g/mol. The topological polar surface area (TPSA) is 9.23 Å². The maximum absolute atomic E-state index is 5.70. The molecule has 1 nitrogen and oxygen atoms in total. The van der Waals surface area contributed by atoms with Crippen LogP contribution in [0.15, 0.2) is 0 Å². The standard InChI is InChI=1S/C2H4Cl6Ge2O/c3-1-9(5,6)11-10(7,8)2-4/h1-2H2. The Balaban J connectivity index is 4.02. The second-order valence-corrected chi connectivity index (χ2v) is 28.2. The van der Waals surface area contributed by atoms with Gasteiger partial charge in [0.05, 0.1) is 0 Å². The van der Waals surface area contributed by atoms with Crippen molar-refractivity contribution in [2.75, 3.05) is 9.42 Å². The molecule has 0 aliphatic heterocycles. The van der Waals surface area contributed by atoms with Crippen LogP contribution in [0.2, 0.25) is 0 Å². The van der Waals surface area contributed by atoms with Crippen molar-refractivity contribution in [3.05, 3.63) is 0 Å². The van der Waals surface area contributed by atoms with Gasteiger partial charge in [0.1, 0.15) is 0 Å². The summed E-state index contributed by atoms with van der Waals surface area (Å²) < 4.78 is 5.25. The fourth-order valence-corrected chi connectivity index (χ4v) is 28.8. The van der Waals surface area contributed by atoms with Crippen molar-refractivity contribution in [3.8, 4) is 0 Å². The molecular formula is C2H4Cl6Ge2O. The van der Waals surface area contributed by atoms with E-state index in [0.29, 0.717) is 0 Å². The van der Waals surface area contributed by atoms with Gasteiger partial charge in [0.25, 0.3) is 0 Å². The Hall–Kier alpha value is 2.79. The number of halogens is 6. The van der Waals surface area contributed by atoms with Crippen molar-refractivity contribution in [1.29, 1.82) is 0 Å². The molecule has 0 radical (unpaired) electrons. The molecule has 0 unspecified atom stereocenters. The number of hydrogen-bond donors (Lipinski definition) is 0. The molecule has 0 bridgehead atoms. The molecule has 0 amide bonds. The van der Waals surface area contributed by atoms with Crippen molar-refractivity contribution in [1.82, 2.24) is 0 Å². The summed E-state index contributed by atoms with van der Waals surface area (Å²) in [4.78, 5) is 0. The Morgan fingerprint density at radius 3 is 1.27 bits per heavy atom. The molecule has 0 heterocycles. The summed E-state index contributed by atoms with van der Waals surface area (Å²) in [6.45, 7) is 0. The summed E-state index contributed by atoms with van der Waals surface area (Å²) in [6, 6.07) is 0. The van der Waals surface area contributed by atoms with E-state index in [1.165, 1.54) is 0 Å². The van der Waals surface area contributed by atoms with Crippen molar-refractivity contribution >= 4 is 86.7 Å². The molecule has 0 saturated heterocycles. The van der Waals surface area contributed by atoms with Gasteiger partial charge in [-0.15, -0.1) is 0 Å². The van der Waals surface area contributed by atoms with Crippen LogP contribution in [0, 0.1) is 0 Å². The van der Waals surface area contributed by atoms with Crippen LogP contribution in [-0.4, -0.2) is 32.9 Å². The molecule has 0 saturated carbocycles. The number of hydrogen-bond acceptors (Lipinski definition) is 1. The Morgan fingerprint density at radius 2 is 1.09 bits per heavy atom. The maximum atomic E-state index is 5.70. The summed E-state index contributed by atoms with van der Waals surface area (Å²) >= 11 is 4.11. The van der Waals surface area contributed by atoms with E-state index in [2.05, 4.69) is 0 Å². The van der Waals surface area contributed by atoms with Gasteiger partial charge in [-0.25, -0.2) is 0 Å². The predicted octanol–water partition coefficient (Wildman–Crippen LogP) is 3.39. The molecule has 0 fully saturated rings. The normalized spacial score (nSPS) is 13.6. The van der Waals surface area contributed by atoms with E-state index in [1.54, 1.807) is 0 Å². The van der Waals surface area contributed by atoms with Crippen LogP contribution in [0.25, 0.3) is 0 Å². The minimum atomic E-state index is -3.37. The zero-order valence-corrected chi connectivity index (χ0v) is 13.8. The van der Waals surface area contributed by atoms with Gasteiger partial charge < -0.3 is 0 Å². The van der Waals surface area contributed by atoms with Crippen molar-refractivity contribution in [3.63, 3.8) is 0 Å². The van der Waals surface area contributed by atoms with Gasteiger partial charge in [0.2, 0.25) is 0 Å². The molecule has 0 spiro atoms. The van der Waals surface area contributed by atoms with Crippen molar-refractivity contribution in [2.24, 2.45) is 0 Å². The molecule has 9 heteroatoms. The molecule has 0 aromatic rings. The summed E-state index contributed by atoms with van der Waals surface area (Å²) in [5.41, 5.74) is 0. The summed E-state index contributed by atoms with van der Waals surface area (Å²) in [5.74, 6) is 0. The van der Waals surface area contributed by atoms with Gasteiger partial charge in [-0.2, -0.15) is 0 Å². The summed E-state index contributed by atoms with van der Waals surface area (Å²) in [6.07, 6.45) is 0. The van der Waals surface area contributed by atoms with Crippen LogP contribution in [0.4, 0.5) is 0 Å². The third kappa shape index (κ3) is 6.80. The van der Waals surface area contributed by atoms with Crippen LogP contribution >= 0.6 is 63.2 Å². The minimum absolute atomic E-state index is 0.0758. The van der Waals surface area contributed by atoms with Gasteiger partial charge in [-0.05, 0) is 0 Å². The Kier molecular flexibility index (Phi) is 7.04. The number of alkyl halides is 2. The van der Waals surface area contributed by atoms with E-state index < -0.39 is 23.5 Å². The fraction of sp³-hybridized carbons (Fsp3) is 1.00. The van der Waals surface area contributed by atoms with Crippen LogP contribution in [0.5, 0.6) is 0 Å². The molecule has 68 valence electrons. The first kappa shape index (κ1) is 13.8. The van der Waals surface area contributed by atoms with E-state index in [1.807, 2.05) is 0 Å². The molecular weight excluding hydrogens is 398 g/mol. The number of rotatable bonds is 4. The average molecular weight is 402 g/mol. The van der Waals surface area contributed by atoms with Crippen LogP contribution in [0.1, 0.15) is 0 Å². The van der Waals surface area contributed by atoms with E-state index in [9.17, 15) is 0 Å². The molecule has 0 rings (SSSR count). The first-order chi connectivity index (χ1) is 4.83. The molecule has 0 aromatic carbocycles. The van der Waals surface area contributed by atoms with Crippen LogP contribution < -0.4 is 0 Å². The Labute approximate surface area is 97.7 Å². The van der Waals surface area contributed by atoms with Crippen LogP contribution in [0.3, 0.4) is 0 Å². The van der Waals surface area contributed by atoms with Gasteiger partial charge in [-0.1, -0.05) is 0 Å². The third-order valence-corrected chi connectivity index (χ3v) is 27.5. The molecule has 0 atom stereocenters. The fourth-order valence-electron chi connectivity index (χ4n) is 0.273. The molecule has 0 aliphatic carbocycles. The van der Waals surface area contributed by atoms with Crippen molar-refractivity contribution in [2.45, 2.75) is 0 Å². The second-order valence-electron chi connectivity index (χ2n) is 1.64. The SMILES string of the molecule is Cl[CH2][Ge]([Cl])([Cl])[O][Ge]([Cl])([Cl])[CH2]Cl. The Bertz CT molecular complexity index is 114. The molecule has 11 heavy (non-hydrogen) atoms. The van der Waals surface area contributed by atoms with E-state index in [4.69, 9.17) is 66.0 Å². The van der Waals surface area contributed by atoms with Crippen LogP contribution in [-0.2, 0) is 2.79 Å². The Morgan fingerprint density at radius 1 is 0.818 bits per heavy atom. The van der Waals surface area contributed by atoms with Gasteiger partial charge in [-0.3, -0.25) is 0 Å². The van der Waals surface area contributed by atoms with E-state index >= 15 is 0 Å². The average Bonchev–Trinajstić information content (AvgIpc) is 1.86. The van der Waals surface area contributed by atoms with Crippen molar-refractivity contribution < 1.29 is 2.79 Å². The summed E-state index contributed by atoms with van der Waals surface area (Å²) in [7, 11) is 22.8. The van der Waals surface area contributed by atoms with Gasteiger partial charge in [0.15, 0.2) is 0 Å². The predicted molar refractivity (Wildman–Crippen MR) is 57.4 cm³/mol. The first-order valence-corrected chi connectivity index (χ1v) is 19.2. The van der Waals surface area contributed by atoms with E-state index in [-0.39, 0.29) is 9.42 Å². The zero-order chi connectivity index (χ0) is 9.12. The van der Waals surface area contributed by atoms with E-state index in [0.717, 1.165) is 0 Å². The first-order valence-electron chi connectivity index (χ1n) is 2.41. The van der Waals surface area contributed by atoms with Gasteiger partial charge >= 0.3 is 98.9 Å². The van der Waals surface area contributed by atoms with Gasteiger partial charge in [0, 0.05) is 0 Å². The molecule has 0 aromatic heterocycles. The summed E-state index contributed by atoms with van der Waals surface area (Å²) in [5, 5.41) is 0. The zero-order valence-electron chi connectivity index (χ0n) is 5.09. The second kappa shape index (κ2) is 5.61. The molecule has 0 N–H and O–H groups in total. The third-order valence-electron chi connectivity index (χ3n) is 0.610. The molecule has 0 aliphatic rings.